The molecule has 0 spiro atoms. The monoisotopic (exact) mass is 386 g/mol. The molecule has 2 aromatic carbocycles. The summed E-state index contributed by atoms with van der Waals surface area (Å²) < 4.78 is 5.46. The van der Waals surface area contributed by atoms with Gasteiger partial charge in [0, 0.05) is 24.3 Å². The Labute approximate surface area is 164 Å². The van der Waals surface area contributed by atoms with E-state index in [4.69, 9.17) is 16.3 Å². The summed E-state index contributed by atoms with van der Waals surface area (Å²) >= 11 is 6.02. The fourth-order valence-corrected chi connectivity index (χ4v) is 3.30. The molecule has 0 atom stereocenters. The van der Waals surface area contributed by atoms with Crippen LogP contribution >= 0.6 is 11.6 Å². The third-order valence-electron chi connectivity index (χ3n) is 4.31. The van der Waals surface area contributed by atoms with E-state index in [1.54, 1.807) is 24.3 Å². The van der Waals surface area contributed by atoms with E-state index in [-0.39, 0.29) is 18.4 Å². The van der Waals surface area contributed by atoms with Crippen LogP contribution in [0.2, 0.25) is 5.02 Å². The summed E-state index contributed by atoms with van der Waals surface area (Å²) in [4.78, 5) is 26.3. The first-order valence-electron chi connectivity index (χ1n) is 9.04. The van der Waals surface area contributed by atoms with Crippen LogP contribution in [0.3, 0.4) is 0 Å². The topological polar surface area (TPSA) is 58.6 Å². The highest BCUT2D eigenvalue weighted by molar-refractivity contribution is 6.32. The number of nitrogens with zero attached hydrogens (tertiary/aromatic N) is 1. The van der Waals surface area contributed by atoms with E-state index in [1.807, 2.05) is 23.1 Å². The van der Waals surface area contributed by atoms with Crippen LogP contribution in [-0.2, 0) is 16.0 Å². The van der Waals surface area contributed by atoms with Gasteiger partial charge >= 0.3 is 0 Å². The Morgan fingerprint density at radius 1 is 1.22 bits per heavy atom. The lowest BCUT2D eigenvalue weighted by molar-refractivity contribution is -0.119. The quantitative estimate of drug-likeness (QED) is 0.805. The second-order valence-corrected chi connectivity index (χ2v) is 7.42. The van der Waals surface area contributed by atoms with E-state index >= 15 is 0 Å². The van der Waals surface area contributed by atoms with Crippen molar-refractivity contribution in [3.63, 3.8) is 0 Å². The first-order chi connectivity index (χ1) is 12.9. The number of hydrogen-bond donors (Lipinski definition) is 1. The summed E-state index contributed by atoms with van der Waals surface area (Å²) in [6.07, 6.45) is 1.18. The summed E-state index contributed by atoms with van der Waals surface area (Å²) in [7, 11) is 0. The van der Waals surface area contributed by atoms with E-state index < -0.39 is 0 Å². The Bertz CT molecular complexity index is 851. The van der Waals surface area contributed by atoms with E-state index in [0.717, 1.165) is 11.3 Å². The van der Waals surface area contributed by atoms with Crippen molar-refractivity contribution in [1.29, 1.82) is 0 Å². The molecule has 2 amide bonds. The molecule has 0 bridgehead atoms. The largest absolute Gasteiger partial charge is 0.482 e. The van der Waals surface area contributed by atoms with Gasteiger partial charge in [-0.3, -0.25) is 9.59 Å². The lowest BCUT2D eigenvalue weighted by Crippen LogP contribution is -2.37. The molecule has 3 rings (SSSR count). The van der Waals surface area contributed by atoms with Crippen molar-refractivity contribution >= 4 is 34.8 Å². The molecule has 1 aliphatic heterocycles. The average Bonchev–Trinajstić information content (AvgIpc) is 2.63. The number of nitrogens with one attached hydrogen (secondary N) is 1. The molecule has 0 saturated carbocycles. The molecule has 0 radical (unpaired) electrons. The standard InChI is InChI=1S/C21H23ClN2O3/c1-14(2)12-24-18-9-8-16(11-15(18)7-10-21(24)26)23-20(25)13-27-19-6-4-3-5-17(19)22/h3-6,8-9,11,14H,7,10,12-13H2,1-2H3,(H,23,25). The average molecular weight is 387 g/mol. The van der Waals surface area contributed by atoms with Crippen LogP contribution in [-0.4, -0.2) is 25.0 Å². The molecule has 1 heterocycles. The molecule has 27 heavy (non-hydrogen) atoms. The van der Waals surface area contributed by atoms with Crippen LogP contribution < -0.4 is 15.0 Å². The number of aryl methyl sites for hydroxylation is 1. The normalized spacial score (nSPS) is 13.5. The predicted octanol–water partition coefficient (Wildman–Crippen LogP) is 4.29. The molecule has 0 fully saturated rings. The van der Waals surface area contributed by atoms with Gasteiger partial charge in [0.05, 0.1) is 5.02 Å². The van der Waals surface area contributed by atoms with Gasteiger partial charge in [-0.05, 0) is 48.2 Å². The number of amides is 2. The second-order valence-electron chi connectivity index (χ2n) is 7.01. The van der Waals surface area contributed by atoms with Gasteiger partial charge in [0.2, 0.25) is 5.91 Å². The minimum Gasteiger partial charge on any atom is -0.482 e. The highest BCUT2D eigenvalue weighted by atomic mass is 35.5. The first-order valence-corrected chi connectivity index (χ1v) is 9.42. The Morgan fingerprint density at radius 3 is 2.74 bits per heavy atom. The maximum absolute atomic E-state index is 12.2. The number of carbonyl (C=O) groups excluding carboxylic acids is 2. The van der Waals surface area contributed by atoms with E-state index in [0.29, 0.717) is 41.8 Å². The maximum Gasteiger partial charge on any atom is 0.262 e. The van der Waals surface area contributed by atoms with Gasteiger partial charge in [-0.25, -0.2) is 0 Å². The summed E-state index contributed by atoms with van der Waals surface area (Å²) in [6.45, 7) is 4.76. The lowest BCUT2D eigenvalue weighted by atomic mass is 9.99. The number of anilines is 2. The smallest absolute Gasteiger partial charge is 0.262 e. The van der Waals surface area contributed by atoms with Crippen molar-refractivity contribution in [2.24, 2.45) is 5.92 Å². The number of rotatable bonds is 6. The number of para-hydroxylation sites is 1. The molecule has 142 valence electrons. The molecule has 0 saturated heterocycles. The van der Waals surface area contributed by atoms with Gasteiger partial charge in [-0.15, -0.1) is 0 Å². The third-order valence-corrected chi connectivity index (χ3v) is 4.62. The fourth-order valence-electron chi connectivity index (χ4n) is 3.11. The Balaban J connectivity index is 1.65. The molecular weight excluding hydrogens is 364 g/mol. The summed E-state index contributed by atoms with van der Waals surface area (Å²) in [5, 5.41) is 3.30. The van der Waals surface area contributed by atoms with Gasteiger partial charge < -0.3 is 15.0 Å². The Kier molecular flexibility index (Phi) is 6.01. The van der Waals surface area contributed by atoms with E-state index in [1.165, 1.54) is 0 Å². The predicted molar refractivity (Wildman–Crippen MR) is 108 cm³/mol. The third kappa shape index (κ3) is 4.80. The first kappa shape index (κ1) is 19.2. The SMILES string of the molecule is CC(C)CN1C(=O)CCc2cc(NC(=O)COc3ccccc3Cl)ccc21. The zero-order valence-corrected chi connectivity index (χ0v) is 16.3. The number of carbonyl (C=O) groups is 2. The Morgan fingerprint density at radius 2 is 2.00 bits per heavy atom. The minimum atomic E-state index is -0.263. The van der Waals surface area contributed by atoms with Gasteiger partial charge in [-0.2, -0.15) is 0 Å². The molecular formula is C21H23ClN2O3. The highest BCUT2D eigenvalue weighted by Crippen LogP contribution is 2.31. The number of benzene rings is 2. The van der Waals surface area contributed by atoms with Crippen molar-refractivity contribution in [2.45, 2.75) is 26.7 Å². The van der Waals surface area contributed by atoms with E-state index in [9.17, 15) is 9.59 Å². The van der Waals surface area contributed by atoms with Crippen molar-refractivity contribution < 1.29 is 14.3 Å². The van der Waals surface area contributed by atoms with Crippen LogP contribution in [0.1, 0.15) is 25.8 Å². The van der Waals surface area contributed by atoms with Gasteiger partial charge in [0.15, 0.2) is 6.61 Å². The molecule has 6 heteroatoms. The number of ether oxygens (including phenoxy) is 1. The van der Waals surface area contributed by atoms with Gasteiger partial charge in [0.25, 0.3) is 5.91 Å². The highest BCUT2D eigenvalue weighted by Gasteiger charge is 2.24. The summed E-state index contributed by atoms with van der Waals surface area (Å²) in [5.74, 6) is 0.755. The number of hydrogen-bond acceptors (Lipinski definition) is 3. The van der Waals surface area contributed by atoms with Crippen LogP contribution in [0.15, 0.2) is 42.5 Å². The minimum absolute atomic E-state index is 0.126. The van der Waals surface area contributed by atoms with Crippen molar-refractivity contribution in [3.05, 3.63) is 53.1 Å². The van der Waals surface area contributed by atoms with Gasteiger partial charge in [0.1, 0.15) is 5.75 Å². The van der Waals surface area contributed by atoms with Crippen LogP contribution in [0.4, 0.5) is 11.4 Å². The molecule has 0 aliphatic carbocycles. The molecule has 0 aromatic heterocycles. The summed E-state index contributed by atoms with van der Waals surface area (Å²) in [5.41, 5.74) is 2.70. The number of halogens is 1. The maximum atomic E-state index is 12.2. The van der Waals surface area contributed by atoms with Crippen LogP contribution in [0, 0.1) is 5.92 Å². The van der Waals surface area contributed by atoms with Gasteiger partial charge in [-0.1, -0.05) is 37.6 Å². The molecule has 1 aliphatic rings. The van der Waals surface area contributed by atoms with Crippen LogP contribution in [0.25, 0.3) is 0 Å². The van der Waals surface area contributed by atoms with Crippen molar-refractivity contribution in [2.75, 3.05) is 23.4 Å². The lowest BCUT2D eigenvalue weighted by Gasteiger charge is -2.31. The fraction of sp³-hybridized carbons (Fsp3) is 0.333. The van der Waals surface area contributed by atoms with Crippen molar-refractivity contribution in [3.8, 4) is 5.75 Å². The summed E-state index contributed by atoms with van der Waals surface area (Å²) in [6, 6.07) is 12.7. The van der Waals surface area contributed by atoms with Crippen molar-refractivity contribution in [1.82, 2.24) is 0 Å². The van der Waals surface area contributed by atoms with Crippen LogP contribution in [0.5, 0.6) is 5.75 Å². The Hall–Kier alpha value is -2.53. The zero-order chi connectivity index (χ0) is 19.4. The second kappa shape index (κ2) is 8.44. The molecule has 5 nitrogen and oxygen atoms in total. The van der Waals surface area contributed by atoms with E-state index in [2.05, 4.69) is 19.2 Å². The zero-order valence-electron chi connectivity index (χ0n) is 15.5. The number of fused-ring (bicyclic) bond motifs is 1. The molecule has 0 unspecified atom stereocenters. The molecule has 1 N–H and O–H groups in total. The molecule has 2 aromatic rings.